The molecular weight excluding hydrogens is 487 g/mol. The van der Waals surface area contributed by atoms with E-state index in [1.165, 1.54) is 18.6 Å². The van der Waals surface area contributed by atoms with Crippen molar-refractivity contribution in [1.29, 1.82) is 0 Å². The normalized spacial score (nSPS) is 18.9. The Kier molecular flexibility index (Phi) is 7.34. The van der Waals surface area contributed by atoms with Gasteiger partial charge in [-0.15, -0.1) is 0 Å². The van der Waals surface area contributed by atoms with E-state index < -0.39 is 6.10 Å². The largest absolute Gasteiger partial charge is 0.472 e. The van der Waals surface area contributed by atoms with Crippen molar-refractivity contribution in [3.05, 3.63) is 80.9 Å². The highest BCUT2D eigenvalue weighted by Crippen LogP contribution is 2.38. The number of pyridine rings is 1. The number of ether oxygens (including phenoxy) is 1. The summed E-state index contributed by atoms with van der Waals surface area (Å²) in [7, 11) is 0. The lowest BCUT2D eigenvalue weighted by Gasteiger charge is -2.27. The van der Waals surface area contributed by atoms with E-state index in [2.05, 4.69) is 15.0 Å². The van der Waals surface area contributed by atoms with E-state index in [4.69, 9.17) is 39.5 Å². The van der Waals surface area contributed by atoms with Gasteiger partial charge in [-0.25, -0.2) is 15.0 Å². The molecule has 1 aliphatic rings. The first-order valence-electron chi connectivity index (χ1n) is 10.3. The average molecular weight is 508 g/mol. The molecule has 1 fully saturated rings. The topological polar surface area (TPSA) is 88.4 Å². The maximum Gasteiger partial charge on any atom is 0.257 e. The summed E-state index contributed by atoms with van der Waals surface area (Å²) in [6.07, 6.45) is 3.89. The lowest BCUT2D eigenvalue weighted by atomic mass is 9.85. The maximum absolute atomic E-state index is 13.2. The molecule has 0 bridgehead atoms. The number of likely N-dealkylation sites (tertiary alicyclic amines) is 1. The van der Waals surface area contributed by atoms with Crippen LogP contribution in [0.1, 0.15) is 27.7 Å². The van der Waals surface area contributed by atoms with Crippen LogP contribution >= 0.6 is 34.8 Å². The number of aromatic nitrogens is 3. The van der Waals surface area contributed by atoms with Gasteiger partial charge in [0.05, 0.1) is 27.2 Å². The van der Waals surface area contributed by atoms with Gasteiger partial charge in [-0.3, -0.25) is 4.79 Å². The highest BCUT2D eigenvalue weighted by atomic mass is 35.5. The zero-order chi connectivity index (χ0) is 23.5. The van der Waals surface area contributed by atoms with Crippen molar-refractivity contribution in [2.24, 2.45) is 5.92 Å². The van der Waals surface area contributed by atoms with Crippen LogP contribution in [0.25, 0.3) is 0 Å². The molecule has 1 aliphatic heterocycles. The molecule has 0 saturated carbocycles. The third-order valence-electron chi connectivity index (χ3n) is 5.68. The predicted molar refractivity (Wildman–Crippen MR) is 126 cm³/mol. The molecule has 1 amide bonds. The summed E-state index contributed by atoms with van der Waals surface area (Å²) >= 11 is 18.3. The Morgan fingerprint density at radius 1 is 1.09 bits per heavy atom. The van der Waals surface area contributed by atoms with Gasteiger partial charge in [0.25, 0.3) is 5.91 Å². The third-order valence-corrected chi connectivity index (χ3v) is 6.64. The first-order chi connectivity index (χ1) is 15.9. The zero-order valence-electron chi connectivity index (χ0n) is 17.7. The molecule has 10 heteroatoms. The number of hydrogen-bond donors (Lipinski definition) is 1. The van der Waals surface area contributed by atoms with Crippen LogP contribution in [0.5, 0.6) is 5.88 Å². The summed E-state index contributed by atoms with van der Waals surface area (Å²) in [6.45, 7) is 2.26. The molecule has 172 valence electrons. The quantitative estimate of drug-likeness (QED) is 0.531. The first kappa shape index (κ1) is 23.7. The van der Waals surface area contributed by atoms with Crippen molar-refractivity contribution in [2.75, 3.05) is 19.7 Å². The Morgan fingerprint density at radius 3 is 2.48 bits per heavy atom. The van der Waals surface area contributed by atoms with Gasteiger partial charge < -0.3 is 14.7 Å². The van der Waals surface area contributed by atoms with Gasteiger partial charge in [0, 0.05) is 49.6 Å². The number of rotatable bonds is 6. The van der Waals surface area contributed by atoms with E-state index in [1.807, 2.05) is 6.07 Å². The number of aliphatic hydroxyl groups excluding tert-OH is 1. The molecule has 3 aromatic rings. The van der Waals surface area contributed by atoms with Crippen molar-refractivity contribution in [3.63, 3.8) is 0 Å². The summed E-state index contributed by atoms with van der Waals surface area (Å²) < 4.78 is 6.02. The molecule has 0 spiro atoms. The molecule has 7 nitrogen and oxygen atoms in total. The van der Waals surface area contributed by atoms with E-state index in [9.17, 15) is 9.90 Å². The average Bonchev–Trinajstić information content (AvgIpc) is 3.26. The monoisotopic (exact) mass is 506 g/mol. The number of benzene rings is 1. The highest BCUT2D eigenvalue weighted by molar-refractivity contribution is 6.42. The standard InChI is InChI=1S/C23H21Cl3N4O3/c1-13-27-7-15(8-28-13)23(32)30-10-17(14-2-4-19(25)20(26)6-14)18(11-30)21(12-31)33-22-5-3-16(24)9-29-22/h2-9,17-18,21,31H,10-12H2,1H3/t17-,18?,21-/m1/s1. The summed E-state index contributed by atoms with van der Waals surface area (Å²) in [5.74, 6) is 0.343. The van der Waals surface area contributed by atoms with Crippen LogP contribution in [0, 0.1) is 12.8 Å². The van der Waals surface area contributed by atoms with Crippen LogP contribution in [0.15, 0.2) is 48.9 Å². The minimum Gasteiger partial charge on any atom is -0.472 e. The number of carbonyl (C=O) groups is 1. The zero-order valence-corrected chi connectivity index (χ0v) is 19.9. The van der Waals surface area contributed by atoms with Crippen LogP contribution < -0.4 is 4.74 Å². The fraction of sp³-hybridized carbons (Fsp3) is 0.304. The molecule has 3 atom stereocenters. The summed E-state index contributed by atoms with van der Waals surface area (Å²) in [5, 5.41) is 11.5. The Hall–Kier alpha value is -2.45. The lowest BCUT2D eigenvalue weighted by Crippen LogP contribution is -2.36. The van der Waals surface area contributed by atoms with Crippen LogP contribution in [0.3, 0.4) is 0 Å². The van der Waals surface area contributed by atoms with Crippen molar-refractivity contribution in [1.82, 2.24) is 19.9 Å². The molecule has 1 aromatic carbocycles. The van der Waals surface area contributed by atoms with E-state index in [1.54, 1.807) is 36.1 Å². The summed E-state index contributed by atoms with van der Waals surface area (Å²) in [5.41, 5.74) is 1.30. The molecule has 0 radical (unpaired) electrons. The van der Waals surface area contributed by atoms with Gasteiger partial charge in [0.1, 0.15) is 11.9 Å². The Balaban J connectivity index is 1.64. The molecule has 0 aliphatic carbocycles. The van der Waals surface area contributed by atoms with Crippen LogP contribution in [-0.2, 0) is 0 Å². The van der Waals surface area contributed by atoms with Gasteiger partial charge in [-0.2, -0.15) is 0 Å². The molecule has 4 rings (SSSR count). The maximum atomic E-state index is 13.2. The molecular formula is C23H21Cl3N4O3. The smallest absolute Gasteiger partial charge is 0.257 e. The SMILES string of the molecule is Cc1ncc(C(=O)N2CC([C@@H](CO)Oc3ccc(Cl)cn3)[C@@H](c3ccc(Cl)c(Cl)c3)C2)cn1. The van der Waals surface area contributed by atoms with E-state index in [0.29, 0.717) is 45.4 Å². The molecule has 1 N–H and O–H groups in total. The summed E-state index contributed by atoms with van der Waals surface area (Å²) in [6, 6.07) is 8.70. The molecule has 2 aromatic heterocycles. The number of halogens is 3. The number of amides is 1. The van der Waals surface area contributed by atoms with Crippen molar-refractivity contribution in [2.45, 2.75) is 18.9 Å². The van der Waals surface area contributed by atoms with Crippen LogP contribution in [0.2, 0.25) is 15.1 Å². The Labute approximate surface area is 206 Å². The van der Waals surface area contributed by atoms with E-state index in [-0.39, 0.29) is 24.3 Å². The third kappa shape index (κ3) is 5.38. The van der Waals surface area contributed by atoms with Crippen LogP contribution in [0.4, 0.5) is 0 Å². The Morgan fingerprint density at radius 2 is 1.85 bits per heavy atom. The van der Waals surface area contributed by atoms with Crippen molar-refractivity contribution >= 4 is 40.7 Å². The van der Waals surface area contributed by atoms with Crippen LogP contribution in [-0.4, -0.2) is 56.7 Å². The molecule has 1 saturated heterocycles. The molecule has 3 heterocycles. The molecule has 33 heavy (non-hydrogen) atoms. The fourth-order valence-electron chi connectivity index (χ4n) is 4.00. The minimum atomic E-state index is -0.620. The predicted octanol–water partition coefficient (Wildman–Crippen LogP) is 4.44. The van der Waals surface area contributed by atoms with E-state index in [0.717, 1.165) is 5.56 Å². The first-order valence-corrected chi connectivity index (χ1v) is 11.4. The van der Waals surface area contributed by atoms with Gasteiger partial charge >= 0.3 is 0 Å². The van der Waals surface area contributed by atoms with Gasteiger partial charge in [-0.05, 0) is 30.7 Å². The molecule has 1 unspecified atom stereocenters. The van der Waals surface area contributed by atoms with Gasteiger partial charge in [0.15, 0.2) is 0 Å². The number of aryl methyl sites for hydroxylation is 1. The van der Waals surface area contributed by atoms with Crippen molar-refractivity contribution < 1.29 is 14.6 Å². The second-order valence-corrected chi connectivity index (χ2v) is 9.08. The number of carbonyl (C=O) groups excluding carboxylic acids is 1. The Bertz CT molecular complexity index is 1130. The number of aliphatic hydroxyl groups is 1. The van der Waals surface area contributed by atoms with Gasteiger partial charge in [-0.1, -0.05) is 40.9 Å². The lowest BCUT2D eigenvalue weighted by molar-refractivity contribution is 0.0578. The second kappa shape index (κ2) is 10.2. The number of nitrogens with zero attached hydrogens (tertiary/aromatic N) is 4. The van der Waals surface area contributed by atoms with E-state index >= 15 is 0 Å². The minimum absolute atomic E-state index is 0.153. The number of hydrogen-bond acceptors (Lipinski definition) is 6. The summed E-state index contributed by atoms with van der Waals surface area (Å²) in [4.78, 5) is 27.3. The van der Waals surface area contributed by atoms with Crippen molar-refractivity contribution in [3.8, 4) is 5.88 Å². The highest BCUT2D eigenvalue weighted by Gasteiger charge is 2.42. The van der Waals surface area contributed by atoms with Gasteiger partial charge in [0.2, 0.25) is 5.88 Å². The second-order valence-electron chi connectivity index (χ2n) is 7.83. The fourth-order valence-corrected chi connectivity index (χ4v) is 4.42.